The predicted octanol–water partition coefficient (Wildman–Crippen LogP) is 21.6. The molecular formula is C66H122O6. The lowest BCUT2D eigenvalue weighted by atomic mass is 10.0. The molecule has 0 heterocycles. The van der Waals surface area contributed by atoms with E-state index in [-0.39, 0.29) is 31.1 Å². The number of esters is 3. The first kappa shape index (κ1) is 69.6. The number of unbranched alkanes of at least 4 members (excludes halogenated alkanes) is 42. The molecule has 1 unspecified atom stereocenters. The fraction of sp³-hybridized carbons (Fsp3) is 0.864. The fourth-order valence-electron chi connectivity index (χ4n) is 9.49. The molecule has 0 aromatic carbocycles. The Morgan fingerprint density at radius 3 is 0.708 bits per heavy atom. The zero-order valence-electron chi connectivity index (χ0n) is 48.5. The predicted molar refractivity (Wildman–Crippen MR) is 312 cm³/mol. The van der Waals surface area contributed by atoms with E-state index in [1.54, 1.807) is 0 Å². The summed E-state index contributed by atoms with van der Waals surface area (Å²) in [5.41, 5.74) is 0. The van der Waals surface area contributed by atoms with Crippen molar-refractivity contribution < 1.29 is 28.6 Å². The van der Waals surface area contributed by atoms with Gasteiger partial charge in [0.05, 0.1) is 0 Å². The molecular weight excluding hydrogens is 889 g/mol. The molecule has 0 fully saturated rings. The maximum absolute atomic E-state index is 12.9. The Bertz CT molecular complexity index is 1210. The Kier molecular flexibility index (Phi) is 59.2. The third kappa shape index (κ3) is 58.5. The van der Waals surface area contributed by atoms with E-state index in [9.17, 15) is 14.4 Å². The van der Waals surface area contributed by atoms with Crippen LogP contribution in [0.3, 0.4) is 0 Å². The second kappa shape index (κ2) is 61.2. The van der Waals surface area contributed by atoms with Gasteiger partial charge in [-0.25, -0.2) is 0 Å². The van der Waals surface area contributed by atoms with Gasteiger partial charge in [-0.15, -0.1) is 0 Å². The van der Waals surface area contributed by atoms with Gasteiger partial charge in [0, 0.05) is 19.3 Å². The summed E-state index contributed by atoms with van der Waals surface area (Å²) in [7, 11) is 0. The van der Waals surface area contributed by atoms with Crippen LogP contribution in [0.15, 0.2) is 36.5 Å². The minimum atomic E-state index is -0.777. The van der Waals surface area contributed by atoms with Gasteiger partial charge in [0.1, 0.15) is 13.2 Å². The second-order valence-electron chi connectivity index (χ2n) is 21.7. The average Bonchev–Trinajstić information content (AvgIpc) is 3.38. The summed E-state index contributed by atoms with van der Waals surface area (Å²) in [5.74, 6) is -0.868. The first-order valence-electron chi connectivity index (χ1n) is 32.0. The van der Waals surface area contributed by atoms with Crippen molar-refractivity contribution in [2.24, 2.45) is 0 Å². The topological polar surface area (TPSA) is 78.9 Å². The first-order chi connectivity index (χ1) is 35.5. The Morgan fingerprint density at radius 1 is 0.264 bits per heavy atom. The highest BCUT2D eigenvalue weighted by atomic mass is 16.6. The van der Waals surface area contributed by atoms with Crippen molar-refractivity contribution in [1.29, 1.82) is 0 Å². The molecule has 1 atom stereocenters. The van der Waals surface area contributed by atoms with Crippen LogP contribution >= 0.6 is 0 Å². The van der Waals surface area contributed by atoms with Gasteiger partial charge in [0.2, 0.25) is 0 Å². The lowest BCUT2D eigenvalue weighted by molar-refractivity contribution is -0.167. The molecule has 0 bridgehead atoms. The first-order valence-corrected chi connectivity index (χ1v) is 32.0. The molecule has 0 N–H and O–H groups in total. The van der Waals surface area contributed by atoms with Crippen LogP contribution in [0.1, 0.15) is 348 Å². The average molecular weight is 1010 g/mol. The molecule has 0 saturated heterocycles. The summed E-state index contributed by atoms with van der Waals surface area (Å²) in [6.45, 7) is 6.66. The summed E-state index contributed by atoms with van der Waals surface area (Å²) in [5, 5.41) is 0. The molecule has 0 aliphatic carbocycles. The van der Waals surface area contributed by atoms with Gasteiger partial charge in [-0.1, -0.05) is 269 Å². The summed E-state index contributed by atoms with van der Waals surface area (Å²) in [6, 6.07) is 0. The Balaban J connectivity index is 4.28. The molecule has 0 aliphatic heterocycles. The van der Waals surface area contributed by atoms with E-state index < -0.39 is 6.10 Å². The van der Waals surface area contributed by atoms with E-state index in [0.29, 0.717) is 19.3 Å². The molecule has 0 spiro atoms. The van der Waals surface area contributed by atoms with E-state index in [1.165, 1.54) is 244 Å². The minimum Gasteiger partial charge on any atom is -0.462 e. The molecule has 72 heavy (non-hydrogen) atoms. The van der Waals surface area contributed by atoms with Crippen LogP contribution in [-0.2, 0) is 28.6 Å². The second-order valence-corrected chi connectivity index (χ2v) is 21.7. The van der Waals surface area contributed by atoms with E-state index in [0.717, 1.165) is 64.2 Å². The lowest BCUT2D eigenvalue weighted by Crippen LogP contribution is -2.30. The summed E-state index contributed by atoms with van der Waals surface area (Å²) in [6.07, 6.45) is 74.4. The van der Waals surface area contributed by atoms with Crippen molar-refractivity contribution in [3.8, 4) is 0 Å². The maximum atomic E-state index is 12.9. The molecule has 0 radical (unpaired) electrons. The fourth-order valence-corrected chi connectivity index (χ4v) is 9.49. The number of hydrogen-bond acceptors (Lipinski definition) is 6. The highest BCUT2D eigenvalue weighted by Gasteiger charge is 2.19. The largest absolute Gasteiger partial charge is 0.462 e. The van der Waals surface area contributed by atoms with Gasteiger partial charge in [0.25, 0.3) is 0 Å². The van der Waals surface area contributed by atoms with Gasteiger partial charge in [-0.2, -0.15) is 0 Å². The number of ether oxygens (including phenoxy) is 3. The molecule has 0 aliphatic rings. The number of carbonyl (C=O) groups is 3. The van der Waals surface area contributed by atoms with Crippen LogP contribution in [-0.4, -0.2) is 37.2 Å². The van der Waals surface area contributed by atoms with Crippen molar-refractivity contribution in [2.75, 3.05) is 13.2 Å². The number of carbonyl (C=O) groups excluding carboxylic acids is 3. The zero-order valence-corrected chi connectivity index (χ0v) is 48.5. The summed E-state index contributed by atoms with van der Waals surface area (Å²) < 4.78 is 16.9. The third-order valence-electron chi connectivity index (χ3n) is 14.3. The maximum Gasteiger partial charge on any atom is 0.306 e. The van der Waals surface area contributed by atoms with E-state index >= 15 is 0 Å². The molecule has 0 amide bonds. The molecule has 0 aromatic rings. The summed E-state index contributed by atoms with van der Waals surface area (Å²) >= 11 is 0. The van der Waals surface area contributed by atoms with Crippen LogP contribution < -0.4 is 0 Å². The van der Waals surface area contributed by atoms with Gasteiger partial charge < -0.3 is 14.2 Å². The Labute approximate surface area is 448 Å². The third-order valence-corrected chi connectivity index (χ3v) is 14.3. The molecule has 6 nitrogen and oxygen atoms in total. The van der Waals surface area contributed by atoms with Crippen molar-refractivity contribution in [2.45, 2.75) is 354 Å². The quantitative estimate of drug-likeness (QED) is 0.0261. The SMILES string of the molecule is CCCCCC/C=C\CCCCCCCC(=O)OCC(COC(=O)CCCCCCCCCCCCC/C=C\CCCCCCCCCC)OC(=O)CCCCCCCCC/C=C\CCCCCCCCC. The molecule has 6 heteroatoms. The van der Waals surface area contributed by atoms with Crippen molar-refractivity contribution in [3.63, 3.8) is 0 Å². The van der Waals surface area contributed by atoms with Gasteiger partial charge in [-0.3, -0.25) is 14.4 Å². The highest BCUT2D eigenvalue weighted by Crippen LogP contribution is 2.17. The smallest absolute Gasteiger partial charge is 0.306 e. The van der Waals surface area contributed by atoms with Gasteiger partial charge >= 0.3 is 17.9 Å². The zero-order chi connectivity index (χ0) is 52.2. The molecule has 422 valence electrons. The van der Waals surface area contributed by atoms with Crippen molar-refractivity contribution in [1.82, 2.24) is 0 Å². The molecule has 0 rings (SSSR count). The minimum absolute atomic E-state index is 0.0740. The van der Waals surface area contributed by atoms with E-state index in [4.69, 9.17) is 14.2 Å². The van der Waals surface area contributed by atoms with Crippen LogP contribution in [0.25, 0.3) is 0 Å². The highest BCUT2D eigenvalue weighted by molar-refractivity contribution is 5.71. The van der Waals surface area contributed by atoms with Gasteiger partial charge in [-0.05, 0) is 96.3 Å². The van der Waals surface area contributed by atoms with Crippen LogP contribution in [0.4, 0.5) is 0 Å². The van der Waals surface area contributed by atoms with Crippen LogP contribution in [0.2, 0.25) is 0 Å². The number of hydrogen-bond donors (Lipinski definition) is 0. The standard InChI is InChI=1S/C66H122O6/c1-4-7-10-13-16-19-22-25-27-29-31-32-33-34-35-37-38-41-44-47-50-53-56-59-65(68)71-62-63(61-70-64(67)58-55-52-49-46-43-40-24-21-18-15-12-9-6-3)72-66(69)60-57-54-51-48-45-42-39-36-30-28-26-23-20-17-14-11-8-5-2/h21,24,28-31,63H,4-20,22-23,25-27,32-62H2,1-3H3/b24-21-,30-28-,31-29-. The summed E-state index contributed by atoms with van der Waals surface area (Å²) in [4.78, 5) is 38.3. The van der Waals surface area contributed by atoms with Crippen molar-refractivity contribution in [3.05, 3.63) is 36.5 Å². The molecule has 0 aromatic heterocycles. The van der Waals surface area contributed by atoms with E-state index in [2.05, 4.69) is 57.2 Å². The Morgan fingerprint density at radius 2 is 0.458 bits per heavy atom. The van der Waals surface area contributed by atoms with Gasteiger partial charge in [0.15, 0.2) is 6.10 Å². The normalized spacial score (nSPS) is 12.2. The molecule has 0 saturated carbocycles. The number of rotatable bonds is 59. The monoisotopic (exact) mass is 1010 g/mol. The van der Waals surface area contributed by atoms with Crippen molar-refractivity contribution >= 4 is 17.9 Å². The lowest BCUT2D eigenvalue weighted by Gasteiger charge is -2.18. The van der Waals surface area contributed by atoms with Crippen LogP contribution in [0, 0.1) is 0 Å². The van der Waals surface area contributed by atoms with E-state index in [1.807, 2.05) is 0 Å². The van der Waals surface area contributed by atoms with Crippen LogP contribution in [0.5, 0.6) is 0 Å². The Hall–Kier alpha value is -2.37. The number of allylic oxidation sites excluding steroid dienone is 6.